The molecule has 0 rings (SSSR count). The molecule has 0 radical (unpaired) electrons. The summed E-state index contributed by atoms with van der Waals surface area (Å²) in [6.45, 7) is 5.92. The summed E-state index contributed by atoms with van der Waals surface area (Å²) in [7, 11) is 1.84. The highest BCUT2D eigenvalue weighted by molar-refractivity contribution is 7.98. The van der Waals surface area contributed by atoms with E-state index in [1.807, 2.05) is 27.2 Å². The number of nitrogens with two attached hydrogens (primary N) is 1. The van der Waals surface area contributed by atoms with E-state index >= 15 is 0 Å². The van der Waals surface area contributed by atoms with E-state index in [0.29, 0.717) is 0 Å². The molecule has 0 aliphatic carbocycles. The summed E-state index contributed by atoms with van der Waals surface area (Å²) in [5.74, 6) is 0.996. The number of thioether (sulfide) groups is 1. The number of likely N-dealkylation sites (N-methyl/N-ethyl adjacent to an activating group) is 1. The molecule has 0 saturated carbocycles. The molecule has 1 amide bonds. The predicted octanol–water partition coefficient (Wildman–Crippen LogP) is 1.71. The molecule has 2 N–H and O–H groups in total. The van der Waals surface area contributed by atoms with Gasteiger partial charge in [0.25, 0.3) is 0 Å². The first-order valence-electron chi connectivity index (χ1n) is 5.42. The Balaban J connectivity index is 4.42. The number of rotatable bonds is 6. The summed E-state index contributed by atoms with van der Waals surface area (Å²) in [6, 6.07) is 0.243. The Morgan fingerprint density at radius 3 is 2.53 bits per heavy atom. The van der Waals surface area contributed by atoms with Crippen LogP contribution < -0.4 is 5.73 Å². The van der Waals surface area contributed by atoms with Crippen LogP contribution in [0.2, 0.25) is 0 Å². The first-order chi connectivity index (χ1) is 6.86. The molecule has 4 heteroatoms. The van der Waals surface area contributed by atoms with Gasteiger partial charge in [-0.1, -0.05) is 13.3 Å². The van der Waals surface area contributed by atoms with Gasteiger partial charge in [0.15, 0.2) is 0 Å². The Labute approximate surface area is 97.8 Å². The minimum atomic E-state index is -0.712. The van der Waals surface area contributed by atoms with Crippen LogP contribution >= 0.6 is 11.8 Å². The average molecular weight is 232 g/mol. The summed E-state index contributed by atoms with van der Waals surface area (Å²) >= 11 is 1.74. The van der Waals surface area contributed by atoms with Crippen LogP contribution in [0.1, 0.15) is 33.6 Å². The van der Waals surface area contributed by atoms with Crippen molar-refractivity contribution in [3.8, 4) is 0 Å². The summed E-state index contributed by atoms with van der Waals surface area (Å²) in [4.78, 5) is 13.8. The molecule has 0 aliphatic rings. The van der Waals surface area contributed by atoms with E-state index in [1.165, 1.54) is 0 Å². The van der Waals surface area contributed by atoms with Gasteiger partial charge in [0.05, 0.1) is 5.54 Å². The van der Waals surface area contributed by atoms with Crippen molar-refractivity contribution in [1.29, 1.82) is 0 Å². The SMILES string of the molecule is CCCC(C)(N)C(=O)N(C)C(C)CSC. The van der Waals surface area contributed by atoms with E-state index in [9.17, 15) is 4.79 Å². The molecule has 0 saturated heterocycles. The van der Waals surface area contributed by atoms with Gasteiger partial charge in [-0.3, -0.25) is 4.79 Å². The van der Waals surface area contributed by atoms with Gasteiger partial charge in [-0.15, -0.1) is 0 Å². The smallest absolute Gasteiger partial charge is 0.242 e. The Morgan fingerprint density at radius 2 is 2.13 bits per heavy atom. The number of carbonyl (C=O) groups is 1. The normalized spacial score (nSPS) is 16.9. The van der Waals surface area contributed by atoms with Gasteiger partial charge in [0.2, 0.25) is 5.91 Å². The van der Waals surface area contributed by atoms with E-state index in [0.717, 1.165) is 18.6 Å². The Kier molecular flexibility index (Phi) is 6.29. The molecular weight excluding hydrogens is 208 g/mol. The standard InChI is InChI=1S/C11H24N2OS/c1-6-7-11(3,12)10(14)13(4)9(2)8-15-5/h9H,6-8,12H2,1-5H3. The van der Waals surface area contributed by atoms with Crippen molar-refractivity contribution in [1.82, 2.24) is 4.90 Å². The molecule has 0 fully saturated rings. The molecular formula is C11H24N2OS. The highest BCUT2D eigenvalue weighted by Gasteiger charge is 2.31. The number of hydrogen-bond acceptors (Lipinski definition) is 3. The number of nitrogens with zero attached hydrogens (tertiary/aromatic N) is 1. The second kappa shape index (κ2) is 6.38. The van der Waals surface area contributed by atoms with Gasteiger partial charge < -0.3 is 10.6 Å². The second-order valence-electron chi connectivity index (χ2n) is 4.39. The molecule has 0 aliphatic heterocycles. The van der Waals surface area contributed by atoms with Crippen molar-refractivity contribution < 1.29 is 4.79 Å². The molecule has 15 heavy (non-hydrogen) atoms. The van der Waals surface area contributed by atoms with E-state index in [4.69, 9.17) is 5.73 Å². The fraction of sp³-hybridized carbons (Fsp3) is 0.909. The number of carbonyl (C=O) groups excluding carboxylic acids is 1. The zero-order valence-electron chi connectivity index (χ0n) is 10.5. The largest absolute Gasteiger partial charge is 0.341 e. The molecule has 0 spiro atoms. The maximum absolute atomic E-state index is 12.1. The number of amides is 1. The third-order valence-corrected chi connectivity index (χ3v) is 3.46. The molecule has 0 aromatic carbocycles. The first-order valence-corrected chi connectivity index (χ1v) is 6.81. The van der Waals surface area contributed by atoms with E-state index in [1.54, 1.807) is 16.7 Å². The molecule has 0 aromatic rings. The lowest BCUT2D eigenvalue weighted by atomic mass is 9.95. The Bertz CT molecular complexity index is 207. The first kappa shape index (κ1) is 14.8. The van der Waals surface area contributed by atoms with Crippen molar-refractivity contribution in [2.75, 3.05) is 19.1 Å². The van der Waals surface area contributed by atoms with Crippen molar-refractivity contribution in [3.63, 3.8) is 0 Å². The minimum absolute atomic E-state index is 0.0471. The monoisotopic (exact) mass is 232 g/mol. The van der Waals surface area contributed by atoms with Crippen LogP contribution in [0.4, 0.5) is 0 Å². The zero-order chi connectivity index (χ0) is 12.1. The van der Waals surface area contributed by atoms with Crippen molar-refractivity contribution in [2.45, 2.75) is 45.2 Å². The maximum atomic E-state index is 12.1. The van der Waals surface area contributed by atoms with Crippen LogP contribution in [0.5, 0.6) is 0 Å². The Hall–Kier alpha value is -0.220. The predicted molar refractivity (Wildman–Crippen MR) is 68.1 cm³/mol. The van der Waals surface area contributed by atoms with Crippen molar-refractivity contribution in [2.24, 2.45) is 5.73 Å². The van der Waals surface area contributed by atoms with Crippen LogP contribution in [0.3, 0.4) is 0 Å². The van der Waals surface area contributed by atoms with Gasteiger partial charge >= 0.3 is 0 Å². The lowest BCUT2D eigenvalue weighted by Crippen LogP contribution is -2.54. The van der Waals surface area contributed by atoms with Gasteiger partial charge in [-0.05, 0) is 26.5 Å². The van der Waals surface area contributed by atoms with Gasteiger partial charge in [-0.25, -0.2) is 0 Å². The zero-order valence-corrected chi connectivity index (χ0v) is 11.4. The maximum Gasteiger partial charge on any atom is 0.242 e. The third kappa shape index (κ3) is 4.43. The fourth-order valence-corrected chi connectivity index (χ4v) is 2.29. The average Bonchev–Trinajstić information content (AvgIpc) is 2.15. The Morgan fingerprint density at radius 1 is 1.60 bits per heavy atom. The molecule has 2 atom stereocenters. The van der Waals surface area contributed by atoms with Crippen molar-refractivity contribution >= 4 is 17.7 Å². The van der Waals surface area contributed by atoms with E-state index in [2.05, 4.69) is 6.92 Å². The van der Waals surface area contributed by atoms with Gasteiger partial charge in [-0.2, -0.15) is 11.8 Å². The van der Waals surface area contributed by atoms with Crippen LogP contribution in [-0.2, 0) is 4.79 Å². The van der Waals surface area contributed by atoms with Crippen LogP contribution in [0, 0.1) is 0 Å². The summed E-state index contributed by atoms with van der Waals surface area (Å²) < 4.78 is 0. The highest BCUT2D eigenvalue weighted by atomic mass is 32.2. The molecule has 3 nitrogen and oxygen atoms in total. The van der Waals surface area contributed by atoms with E-state index < -0.39 is 5.54 Å². The highest BCUT2D eigenvalue weighted by Crippen LogP contribution is 2.14. The quantitative estimate of drug-likeness (QED) is 0.758. The lowest BCUT2D eigenvalue weighted by molar-refractivity contribution is -0.136. The minimum Gasteiger partial charge on any atom is -0.341 e. The van der Waals surface area contributed by atoms with Crippen LogP contribution in [0.25, 0.3) is 0 Å². The molecule has 0 aromatic heterocycles. The van der Waals surface area contributed by atoms with Gasteiger partial charge in [0.1, 0.15) is 0 Å². The number of hydrogen-bond donors (Lipinski definition) is 1. The van der Waals surface area contributed by atoms with Crippen molar-refractivity contribution in [3.05, 3.63) is 0 Å². The third-order valence-electron chi connectivity index (χ3n) is 2.65. The van der Waals surface area contributed by atoms with Gasteiger partial charge in [0, 0.05) is 18.8 Å². The molecule has 0 heterocycles. The van der Waals surface area contributed by atoms with Crippen LogP contribution in [-0.4, -0.2) is 41.4 Å². The summed E-state index contributed by atoms with van der Waals surface area (Å²) in [5, 5.41) is 0. The lowest BCUT2D eigenvalue weighted by Gasteiger charge is -2.32. The molecule has 2 unspecified atom stereocenters. The second-order valence-corrected chi connectivity index (χ2v) is 5.30. The molecule has 90 valence electrons. The summed E-state index contributed by atoms with van der Waals surface area (Å²) in [5.41, 5.74) is 5.30. The van der Waals surface area contributed by atoms with E-state index in [-0.39, 0.29) is 11.9 Å². The topological polar surface area (TPSA) is 46.3 Å². The fourth-order valence-electron chi connectivity index (χ4n) is 1.58. The van der Waals surface area contributed by atoms with Crippen LogP contribution in [0.15, 0.2) is 0 Å². The molecule has 0 bridgehead atoms. The summed E-state index contributed by atoms with van der Waals surface area (Å²) in [6.07, 6.45) is 3.72.